The van der Waals surface area contributed by atoms with Crippen molar-refractivity contribution >= 4 is 23.5 Å². The fourth-order valence-corrected chi connectivity index (χ4v) is 1.68. The first kappa shape index (κ1) is 15.3. The Bertz CT molecular complexity index is 638. The smallest absolute Gasteiger partial charge is 0.356 e. The van der Waals surface area contributed by atoms with Crippen LogP contribution in [0, 0.1) is 0 Å². The topological polar surface area (TPSA) is 118 Å². The molecule has 22 heavy (non-hydrogen) atoms. The zero-order valence-corrected chi connectivity index (χ0v) is 12.1. The molecule has 1 aliphatic heterocycles. The molecule has 0 atom stereocenters. The Morgan fingerprint density at radius 1 is 1.41 bits per heavy atom. The molecule has 116 valence electrons. The zero-order valence-electron chi connectivity index (χ0n) is 12.1. The summed E-state index contributed by atoms with van der Waals surface area (Å²) in [5.41, 5.74) is 8.86. The first-order valence-electron chi connectivity index (χ1n) is 6.46. The maximum absolute atomic E-state index is 11.7. The van der Waals surface area contributed by atoms with Gasteiger partial charge in [-0.2, -0.15) is 10.2 Å². The van der Waals surface area contributed by atoms with Gasteiger partial charge < -0.3 is 5.11 Å². The Kier molecular flexibility index (Phi) is 4.57. The van der Waals surface area contributed by atoms with Gasteiger partial charge in [-0.15, -0.1) is 0 Å². The summed E-state index contributed by atoms with van der Waals surface area (Å²) in [4.78, 5) is 23.2. The van der Waals surface area contributed by atoms with Gasteiger partial charge in [0.25, 0.3) is 0 Å². The highest BCUT2D eigenvalue weighted by Gasteiger charge is 2.20. The lowest BCUT2D eigenvalue weighted by Gasteiger charge is -2.25. The van der Waals surface area contributed by atoms with E-state index >= 15 is 0 Å². The maximum Gasteiger partial charge on any atom is 0.356 e. The fraction of sp³-hybridized carbons (Fsp3) is 0.231. The van der Waals surface area contributed by atoms with Crippen molar-refractivity contribution in [2.75, 3.05) is 6.54 Å². The van der Waals surface area contributed by atoms with Crippen LogP contribution in [0.15, 0.2) is 34.5 Å². The van der Waals surface area contributed by atoms with E-state index in [0.717, 1.165) is 10.6 Å². The molecule has 0 spiro atoms. The van der Waals surface area contributed by atoms with Crippen molar-refractivity contribution in [2.24, 2.45) is 10.2 Å². The average Bonchev–Trinajstić information content (AvgIpc) is 2.49. The Labute approximate surface area is 126 Å². The first-order valence-corrected chi connectivity index (χ1v) is 6.46. The summed E-state index contributed by atoms with van der Waals surface area (Å²) in [6.45, 7) is 3.62. The van der Waals surface area contributed by atoms with E-state index in [0.29, 0.717) is 11.4 Å². The van der Waals surface area contributed by atoms with E-state index in [2.05, 4.69) is 26.5 Å². The van der Waals surface area contributed by atoms with Crippen LogP contribution in [0.4, 0.5) is 9.59 Å². The molecule has 1 aliphatic rings. The van der Waals surface area contributed by atoms with Crippen LogP contribution < -0.4 is 16.3 Å². The molecule has 1 aromatic rings. The Balaban J connectivity index is 1.92. The fourth-order valence-electron chi connectivity index (χ4n) is 1.68. The van der Waals surface area contributed by atoms with Crippen molar-refractivity contribution in [3.63, 3.8) is 0 Å². The van der Waals surface area contributed by atoms with E-state index in [1.807, 2.05) is 0 Å². The number of phenolic OH excluding ortho intramolecular Hbond substituents is 1. The Morgan fingerprint density at radius 2 is 2.09 bits per heavy atom. The van der Waals surface area contributed by atoms with Crippen LogP contribution in [0.2, 0.25) is 0 Å². The van der Waals surface area contributed by atoms with Crippen LogP contribution in [0.25, 0.3) is 0 Å². The second kappa shape index (κ2) is 6.57. The van der Waals surface area contributed by atoms with E-state index in [1.54, 1.807) is 26.0 Å². The number of rotatable bonds is 3. The van der Waals surface area contributed by atoms with Crippen LogP contribution in [-0.4, -0.2) is 40.1 Å². The molecule has 9 nitrogen and oxygen atoms in total. The van der Waals surface area contributed by atoms with E-state index < -0.39 is 12.1 Å². The molecule has 9 heteroatoms. The summed E-state index contributed by atoms with van der Waals surface area (Å²) in [5.74, 6) is 0.149. The summed E-state index contributed by atoms with van der Waals surface area (Å²) in [6.07, 6.45) is 0. The third kappa shape index (κ3) is 3.95. The molecule has 1 heterocycles. The van der Waals surface area contributed by atoms with Gasteiger partial charge in [0.1, 0.15) is 5.75 Å². The Hall–Kier alpha value is -3.10. The minimum atomic E-state index is -0.650. The first-order chi connectivity index (χ1) is 10.5. The standard InChI is InChI=1S/C13H16N6O3/c1-8-7-19(13(22)17-14-8)18-12(21)16-15-9(2)10-3-5-11(20)6-4-10/h3-6,20H,7H2,1-2H3,(H,17,22)(H2,16,18,21)/b15-9+. The van der Waals surface area contributed by atoms with E-state index in [1.165, 1.54) is 12.1 Å². The van der Waals surface area contributed by atoms with Gasteiger partial charge in [-0.1, -0.05) is 0 Å². The molecule has 0 radical (unpaired) electrons. The number of amides is 4. The third-order valence-corrected chi connectivity index (χ3v) is 2.82. The minimum Gasteiger partial charge on any atom is -0.508 e. The number of carbonyl (C=O) groups is 2. The van der Waals surface area contributed by atoms with Crippen molar-refractivity contribution < 1.29 is 14.7 Å². The zero-order chi connectivity index (χ0) is 16.1. The second-order valence-corrected chi connectivity index (χ2v) is 4.65. The van der Waals surface area contributed by atoms with Crippen LogP contribution in [0.1, 0.15) is 19.4 Å². The summed E-state index contributed by atoms with van der Waals surface area (Å²) in [6, 6.07) is 5.21. The van der Waals surface area contributed by atoms with Gasteiger partial charge in [-0.25, -0.2) is 30.9 Å². The lowest BCUT2D eigenvalue weighted by molar-refractivity contribution is 0.173. The SMILES string of the molecule is CC1=NNC(=O)N(NC(=O)N/N=C(\C)c2ccc(O)cc2)C1. The van der Waals surface area contributed by atoms with Crippen molar-refractivity contribution in [1.29, 1.82) is 0 Å². The maximum atomic E-state index is 11.7. The van der Waals surface area contributed by atoms with Crippen LogP contribution in [0.3, 0.4) is 0 Å². The lowest BCUT2D eigenvalue weighted by Crippen LogP contribution is -2.56. The van der Waals surface area contributed by atoms with Crippen LogP contribution >= 0.6 is 0 Å². The Morgan fingerprint density at radius 3 is 2.77 bits per heavy atom. The third-order valence-electron chi connectivity index (χ3n) is 2.82. The van der Waals surface area contributed by atoms with Gasteiger partial charge in [0.15, 0.2) is 0 Å². The van der Waals surface area contributed by atoms with Gasteiger partial charge in [-0.05, 0) is 43.7 Å². The van der Waals surface area contributed by atoms with E-state index in [9.17, 15) is 14.7 Å². The van der Waals surface area contributed by atoms with Crippen LogP contribution in [0.5, 0.6) is 5.75 Å². The number of phenols is 1. The molecule has 4 amide bonds. The predicted octanol–water partition coefficient (Wildman–Crippen LogP) is 0.732. The van der Waals surface area contributed by atoms with Crippen LogP contribution in [-0.2, 0) is 0 Å². The lowest BCUT2D eigenvalue weighted by atomic mass is 10.1. The van der Waals surface area contributed by atoms with Gasteiger partial charge in [0.2, 0.25) is 0 Å². The molecule has 0 saturated heterocycles. The van der Waals surface area contributed by atoms with Crippen molar-refractivity contribution in [2.45, 2.75) is 13.8 Å². The highest BCUT2D eigenvalue weighted by Crippen LogP contribution is 2.10. The van der Waals surface area contributed by atoms with Crippen molar-refractivity contribution in [3.05, 3.63) is 29.8 Å². The highest BCUT2D eigenvalue weighted by molar-refractivity contribution is 5.99. The molecule has 0 aromatic heterocycles. The molecule has 0 bridgehead atoms. The monoisotopic (exact) mass is 304 g/mol. The van der Waals surface area contributed by atoms with Crippen molar-refractivity contribution in [3.8, 4) is 5.75 Å². The number of nitrogens with zero attached hydrogens (tertiary/aromatic N) is 3. The van der Waals surface area contributed by atoms with Crippen molar-refractivity contribution in [1.82, 2.24) is 21.3 Å². The molecule has 0 aliphatic carbocycles. The number of hydrogen-bond donors (Lipinski definition) is 4. The molecule has 0 unspecified atom stereocenters. The predicted molar refractivity (Wildman–Crippen MR) is 80.3 cm³/mol. The normalized spacial score (nSPS) is 15.0. The quantitative estimate of drug-likeness (QED) is 0.487. The number of nitrogens with one attached hydrogen (secondary N) is 3. The van der Waals surface area contributed by atoms with Gasteiger partial charge >= 0.3 is 12.1 Å². The summed E-state index contributed by atoms with van der Waals surface area (Å²) >= 11 is 0. The molecule has 2 rings (SSSR count). The van der Waals surface area contributed by atoms with Gasteiger partial charge in [0, 0.05) is 0 Å². The number of hydrogen-bond acceptors (Lipinski definition) is 5. The number of urea groups is 2. The number of hydrazone groups is 2. The molecule has 0 saturated carbocycles. The summed E-state index contributed by atoms with van der Waals surface area (Å²) in [5, 5.41) is 18.0. The molecule has 0 fully saturated rings. The van der Waals surface area contributed by atoms with E-state index in [-0.39, 0.29) is 12.3 Å². The number of aromatic hydroxyl groups is 1. The second-order valence-electron chi connectivity index (χ2n) is 4.65. The van der Waals surface area contributed by atoms with Gasteiger partial charge in [-0.3, -0.25) is 0 Å². The number of carbonyl (C=O) groups excluding carboxylic acids is 2. The minimum absolute atomic E-state index is 0.149. The summed E-state index contributed by atoms with van der Waals surface area (Å²) in [7, 11) is 0. The van der Waals surface area contributed by atoms with Gasteiger partial charge in [0.05, 0.1) is 18.0 Å². The number of benzene rings is 1. The molecular weight excluding hydrogens is 288 g/mol. The molecule has 1 aromatic carbocycles. The molecular formula is C13H16N6O3. The highest BCUT2D eigenvalue weighted by atomic mass is 16.3. The average molecular weight is 304 g/mol. The molecule has 4 N–H and O–H groups in total. The number of hydrazine groups is 1. The largest absolute Gasteiger partial charge is 0.508 e. The summed E-state index contributed by atoms with van der Waals surface area (Å²) < 4.78 is 0. The van der Waals surface area contributed by atoms with E-state index in [4.69, 9.17) is 0 Å².